The van der Waals surface area contributed by atoms with Gasteiger partial charge in [-0.15, -0.1) is 0 Å². The monoisotopic (exact) mass is 443 g/mol. The molecule has 0 aliphatic carbocycles. The van der Waals surface area contributed by atoms with Gasteiger partial charge in [-0.1, -0.05) is 6.07 Å². The molecule has 1 aromatic carbocycles. The van der Waals surface area contributed by atoms with Crippen molar-refractivity contribution in [3.63, 3.8) is 0 Å². The van der Waals surface area contributed by atoms with Gasteiger partial charge < -0.3 is 11.1 Å². The molecule has 0 saturated carbocycles. The molecule has 0 spiro atoms. The minimum absolute atomic E-state index is 0.00479. The molecule has 3 aromatic rings. The number of amides is 2. The summed E-state index contributed by atoms with van der Waals surface area (Å²) in [5.74, 6) is -2.60. The van der Waals surface area contributed by atoms with E-state index < -0.39 is 46.8 Å². The second-order valence-electron chi connectivity index (χ2n) is 6.12. The summed E-state index contributed by atoms with van der Waals surface area (Å²) < 4.78 is 79.2. The van der Waals surface area contributed by atoms with E-state index in [1.54, 1.807) is 0 Å². The molecule has 0 aliphatic heterocycles. The van der Waals surface area contributed by atoms with Crippen LogP contribution in [0.3, 0.4) is 0 Å². The summed E-state index contributed by atoms with van der Waals surface area (Å²) in [7, 11) is 0. The summed E-state index contributed by atoms with van der Waals surface area (Å²) in [5.41, 5.74) is 1.52. The Hall–Kier alpha value is -3.90. The Morgan fingerprint density at radius 1 is 0.968 bits per heavy atom. The third kappa shape index (κ3) is 4.65. The summed E-state index contributed by atoms with van der Waals surface area (Å²) in [4.78, 5) is 27.0. The Bertz CT molecular complexity index is 1140. The summed E-state index contributed by atoms with van der Waals surface area (Å²) in [6, 6.07) is 6.42. The van der Waals surface area contributed by atoms with E-state index in [0.29, 0.717) is 24.5 Å². The number of primary amides is 1. The maximum absolute atomic E-state index is 13.7. The van der Waals surface area contributed by atoms with Crippen LogP contribution in [0.1, 0.15) is 32.0 Å². The van der Waals surface area contributed by atoms with E-state index in [-0.39, 0.29) is 15.9 Å². The number of alkyl halides is 6. The van der Waals surface area contributed by atoms with Crippen molar-refractivity contribution >= 4 is 17.5 Å². The maximum atomic E-state index is 13.7. The van der Waals surface area contributed by atoms with Gasteiger partial charge in [0.15, 0.2) is 11.5 Å². The molecule has 0 fully saturated rings. The molecular formula is C18H11F6N5O2. The van der Waals surface area contributed by atoms with Gasteiger partial charge in [0.05, 0.1) is 17.3 Å². The van der Waals surface area contributed by atoms with E-state index in [2.05, 4.69) is 15.4 Å². The molecule has 0 bridgehead atoms. The molecule has 7 nitrogen and oxygen atoms in total. The molecular weight excluding hydrogens is 432 g/mol. The molecule has 0 saturated heterocycles. The fraction of sp³-hybridized carbons (Fsp3) is 0.111. The van der Waals surface area contributed by atoms with Crippen LogP contribution < -0.4 is 11.1 Å². The van der Waals surface area contributed by atoms with Gasteiger partial charge in [0, 0.05) is 17.4 Å². The van der Waals surface area contributed by atoms with Crippen LogP contribution in [0.4, 0.5) is 32.0 Å². The van der Waals surface area contributed by atoms with Gasteiger partial charge in [0.25, 0.3) is 5.91 Å². The molecule has 31 heavy (non-hydrogen) atoms. The fourth-order valence-electron chi connectivity index (χ4n) is 2.59. The summed E-state index contributed by atoms with van der Waals surface area (Å²) in [5, 5.41) is 5.66. The first-order valence-electron chi connectivity index (χ1n) is 8.28. The highest BCUT2D eigenvalue weighted by Crippen LogP contribution is 2.34. The number of carbonyl (C=O) groups excluding carboxylic acids is 2. The number of anilines is 1. The second-order valence-corrected chi connectivity index (χ2v) is 6.12. The number of halogens is 6. The second kappa shape index (κ2) is 7.74. The maximum Gasteiger partial charge on any atom is 0.434 e. The Morgan fingerprint density at radius 3 is 2.23 bits per heavy atom. The molecule has 2 amide bonds. The van der Waals surface area contributed by atoms with Crippen LogP contribution in [0.15, 0.2) is 48.8 Å². The summed E-state index contributed by atoms with van der Waals surface area (Å²) in [6.45, 7) is 0. The van der Waals surface area contributed by atoms with Crippen molar-refractivity contribution in [1.82, 2.24) is 14.8 Å². The Labute approximate surface area is 169 Å². The number of hydrogen-bond donors (Lipinski definition) is 2. The van der Waals surface area contributed by atoms with E-state index in [4.69, 9.17) is 5.73 Å². The van der Waals surface area contributed by atoms with E-state index in [0.717, 1.165) is 6.07 Å². The lowest BCUT2D eigenvalue weighted by molar-refractivity contribution is -0.143. The van der Waals surface area contributed by atoms with E-state index in [1.807, 2.05) is 0 Å². The number of nitrogens with zero attached hydrogens (tertiary/aromatic N) is 3. The van der Waals surface area contributed by atoms with Crippen LogP contribution in [0.25, 0.3) is 5.82 Å². The lowest BCUT2D eigenvalue weighted by Gasteiger charge is -2.13. The Kier molecular flexibility index (Phi) is 5.44. The minimum Gasteiger partial charge on any atom is -0.366 e. The predicted molar refractivity (Wildman–Crippen MR) is 94.3 cm³/mol. The highest BCUT2D eigenvalue weighted by Gasteiger charge is 2.41. The number of nitrogens with two attached hydrogens (primary N) is 1. The molecule has 0 aliphatic rings. The molecule has 2 heterocycles. The van der Waals surface area contributed by atoms with Crippen molar-refractivity contribution in [2.45, 2.75) is 12.4 Å². The zero-order valence-electron chi connectivity index (χ0n) is 15.1. The van der Waals surface area contributed by atoms with Crippen LogP contribution in [0, 0.1) is 0 Å². The number of nitrogens with one attached hydrogen (secondary N) is 1. The first-order chi connectivity index (χ1) is 14.4. The van der Waals surface area contributed by atoms with Gasteiger partial charge in [-0.2, -0.15) is 31.4 Å². The van der Waals surface area contributed by atoms with E-state index >= 15 is 0 Å². The predicted octanol–water partition coefficient (Wildman–Crippen LogP) is 3.66. The smallest absolute Gasteiger partial charge is 0.366 e. The molecule has 162 valence electrons. The average Bonchev–Trinajstić information content (AvgIpc) is 3.13. The van der Waals surface area contributed by atoms with Crippen LogP contribution in [0.2, 0.25) is 0 Å². The van der Waals surface area contributed by atoms with Gasteiger partial charge in [-0.3, -0.25) is 9.59 Å². The van der Waals surface area contributed by atoms with Crippen LogP contribution in [-0.4, -0.2) is 26.6 Å². The molecule has 13 heteroatoms. The van der Waals surface area contributed by atoms with Crippen molar-refractivity contribution in [1.29, 1.82) is 0 Å². The number of aromatic nitrogens is 3. The zero-order valence-corrected chi connectivity index (χ0v) is 15.1. The topological polar surface area (TPSA) is 103 Å². The van der Waals surface area contributed by atoms with Gasteiger partial charge >= 0.3 is 12.4 Å². The molecule has 3 rings (SSSR count). The lowest BCUT2D eigenvalue weighted by Crippen LogP contribution is -2.21. The largest absolute Gasteiger partial charge is 0.434 e. The molecule has 3 N–H and O–H groups in total. The minimum atomic E-state index is -5.09. The quantitative estimate of drug-likeness (QED) is 0.601. The van der Waals surface area contributed by atoms with Crippen molar-refractivity contribution < 1.29 is 35.9 Å². The first kappa shape index (κ1) is 21.8. The molecule has 0 radical (unpaired) electrons. The SMILES string of the molecule is NC(=O)c1cccc(NC(=O)c2cnn(-c3ccc(C(F)(F)F)cn3)c2C(F)(F)F)c1. The van der Waals surface area contributed by atoms with Crippen molar-refractivity contribution in [2.24, 2.45) is 5.73 Å². The molecule has 0 unspecified atom stereocenters. The molecule has 0 atom stereocenters. The number of hydrogen-bond acceptors (Lipinski definition) is 4. The number of pyridine rings is 1. The third-order valence-electron chi connectivity index (χ3n) is 3.98. The number of rotatable bonds is 4. The van der Waals surface area contributed by atoms with Gasteiger partial charge in [0.2, 0.25) is 5.91 Å². The highest BCUT2D eigenvalue weighted by atomic mass is 19.4. The first-order valence-corrected chi connectivity index (χ1v) is 8.28. The number of benzene rings is 1. The van der Waals surface area contributed by atoms with Crippen LogP contribution >= 0.6 is 0 Å². The summed E-state index contributed by atoms with van der Waals surface area (Å²) in [6.07, 6.45) is -8.86. The van der Waals surface area contributed by atoms with Crippen molar-refractivity contribution in [3.05, 3.63) is 71.2 Å². The van der Waals surface area contributed by atoms with Gasteiger partial charge in [-0.25, -0.2) is 9.67 Å². The average molecular weight is 443 g/mol. The van der Waals surface area contributed by atoms with E-state index in [9.17, 15) is 35.9 Å². The third-order valence-corrected chi connectivity index (χ3v) is 3.98. The Balaban J connectivity index is 1.99. The zero-order chi connectivity index (χ0) is 23.0. The van der Waals surface area contributed by atoms with E-state index in [1.165, 1.54) is 18.2 Å². The van der Waals surface area contributed by atoms with Gasteiger partial charge in [0.1, 0.15) is 0 Å². The normalized spacial score (nSPS) is 11.9. The molecule has 2 aromatic heterocycles. The van der Waals surface area contributed by atoms with Gasteiger partial charge in [-0.05, 0) is 30.3 Å². The Morgan fingerprint density at radius 2 is 1.68 bits per heavy atom. The highest BCUT2D eigenvalue weighted by molar-refractivity contribution is 6.05. The van der Waals surface area contributed by atoms with Crippen molar-refractivity contribution in [2.75, 3.05) is 5.32 Å². The summed E-state index contributed by atoms with van der Waals surface area (Å²) >= 11 is 0. The fourth-order valence-corrected chi connectivity index (χ4v) is 2.59. The van der Waals surface area contributed by atoms with Crippen molar-refractivity contribution in [3.8, 4) is 5.82 Å². The standard InChI is InChI=1S/C18H11F6N5O2/c19-17(20,21)10-4-5-13(26-7-10)29-14(18(22,23)24)12(8-27-29)16(31)28-11-3-1-2-9(6-11)15(25)30/h1-8H,(H2,25,30)(H,28,31). The van der Waals surface area contributed by atoms with Crippen LogP contribution in [0.5, 0.6) is 0 Å². The lowest BCUT2D eigenvalue weighted by atomic mass is 10.1. The number of carbonyl (C=O) groups is 2. The van der Waals surface area contributed by atoms with Crippen LogP contribution in [-0.2, 0) is 12.4 Å².